The molecule has 0 bridgehead atoms. The van der Waals surface area contributed by atoms with E-state index < -0.39 is 15.7 Å². The summed E-state index contributed by atoms with van der Waals surface area (Å²) in [5, 5.41) is 0.481. The van der Waals surface area contributed by atoms with Gasteiger partial charge >= 0.3 is 0 Å². The number of thiazole rings is 1. The monoisotopic (exact) mass is 303 g/mol. The van der Waals surface area contributed by atoms with E-state index in [2.05, 4.69) is 10.4 Å². The average Bonchev–Trinajstić information content (AvgIpc) is 3.10. The molecule has 1 amide bonds. The van der Waals surface area contributed by atoms with Crippen molar-refractivity contribution < 1.29 is 13.2 Å². The minimum atomic E-state index is -3.14. The van der Waals surface area contributed by atoms with Crippen LogP contribution in [0.3, 0.4) is 0 Å². The van der Waals surface area contributed by atoms with Gasteiger partial charge in [0.05, 0.1) is 11.4 Å². The van der Waals surface area contributed by atoms with E-state index in [1.165, 1.54) is 0 Å². The third kappa shape index (κ3) is 3.52. The zero-order valence-electron chi connectivity index (χ0n) is 10.7. The SMILES string of the molecule is CCCS(=O)(=O)Cc1nc(C2CC2)c(C(=O)NN)s1. The van der Waals surface area contributed by atoms with Crippen LogP contribution in [0.4, 0.5) is 0 Å². The summed E-state index contributed by atoms with van der Waals surface area (Å²) in [4.78, 5) is 16.4. The van der Waals surface area contributed by atoms with Crippen molar-refractivity contribution in [1.82, 2.24) is 10.4 Å². The molecule has 0 unspecified atom stereocenters. The Bertz CT molecular complexity index is 576. The number of rotatable bonds is 6. The fourth-order valence-electron chi connectivity index (χ4n) is 1.87. The van der Waals surface area contributed by atoms with E-state index in [4.69, 9.17) is 5.84 Å². The van der Waals surface area contributed by atoms with Crippen LogP contribution in [-0.4, -0.2) is 25.1 Å². The quantitative estimate of drug-likeness (QED) is 0.463. The standard InChI is InChI=1S/C11H17N3O3S2/c1-2-5-19(16,17)6-8-13-9(7-3-4-7)10(18-8)11(15)14-12/h7H,2-6,12H2,1H3,(H,14,15). The lowest BCUT2D eigenvalue weighted by molar-refractivity contribution is 0.0956. The van der Waals surface area contributed by atoms with E-state index in [1.807, 2.05) is 6.92 Å². The molecule has 8 heteroatoms. The molecule has 1 heterocycles. The molecule has 0 spiro atoms. The van der Waals surface area contributed by atoms with Gasteiger partial charge in [-0.3, -0.25) is 10.2 Å². The topological polar surface area (TPSA) is 102 Å². The molecule has 1 fully saturated rings. The zero-order chi connectivity index (χ0) is 14.0. The van der Waals surface area contributed by atoms with Crippen LogP contribution in [-0.2, 0) is 15.6 Å². The van der Waals surface area contributed by atoms with Crippen LogP contribution in [0.15, 0.2) is 0 Å². The van der Waals surface area contributed by atoms with Crippen LogP contribution in [0, 0.1) is 0 Å². The van der Waals surface area contributed by atoms with E-state index >= 15 is 0 Å². The average molecular weight is 303 g/mol. The Balaban J connectivity index is 2.25. The van der Waals surface area contributed by atoms with E-state index in [0.29, 0.717) is 22.0 Å². The minimum absolute atomic E-state index is 0.0942. The summed E-state index contributed by atoms with van der Waals surface area (Å²) < 4.78 is 23.6. The van der Waals surface area contributed by atoms with Crippen LogP contribution in [0.1, 0.15) is 52.5 Å². The highest BCUT2D eigenvalue weighted by atomic mass is 32.2. The van der Waals surface area contributed by atoms with Crippen LogP contribution in [0.5, 0.6) is 0 Å². The van der Waals surface area contributed by atoms with Crippen LogP contribution < -0.4 is 11.3 Å². The lowest BCUT2D eigenvalue weighted by atomic mass is 10.2. The molecule has 1 aromatic rings. The molecule has 6 nitrogen and oxygen atoms in total. The van der Waals surface area contributed by atoms with Gasteiger partial charge in [0.1, 0.15) is 15.6 Å². The molecule has 0 saturated heterocycles. The van der Waals surface area contributed by atoms with Crippen molar-refractivity contribution in [3.05, 3.63) is 15.6 Å². The molecule has 1 saturated carbocycles. The number of hydrogen-bond donors (Lipinski definition) is 2. The van der Waals surface area contributed by atoms with E-state index in [9.17, 15) is 13.2 Å². The maximum atomic E-state index is 11.8. The maximum Gasteiger partial charge on any atom is 0.277 e. The molecule has 19 heavy (non-hydrogen) atoms. The Hall–Kier alpha value is -0.990. The Kier molecular flexibility index (Phi) is 4.22. The number of aromatic nitrogens is 1. The normalized spacial score (nSPS) is 15.5. The number of hydrogen-bond acceptors (Lipinski definition) is 6. The molecular weight excluding hydrogens is 286 g/mol. The van der Waals surface area contributed by atoms with Gasteiger partial charge in [0.15, 0.2) is 9.84 Å². The molecule has 3 N–H and O–H groups in total. The van der Waals surface area contributed by atoms with Gasteiger partial charge < -0.3 is 0 Å². The highest BCUT2D eigenvalue weighted by Gasteiger charge is 2.32. The molecule has 0 radical (unpaired) electrons. The summed E-state index contributed by atoms with van der Waals surface area (Å²) in [6.07, 6.45) is 2.57. The lowest BCUT2D eigenvalue weighted by Gasteiger charge is -1.98. The van der Waals surface area contributed by atoms with Crippen molar-refractivity contribution in [3.63, 3.8) is 0 Å². The number of nitrogens with two attached hydrogens (primary N) is 1. The third-order valence-corrected chi connectivity index (χ3v) is 5.85. The Morgan fingerprint density at radius 2 is 2.21 bits per heavy atom. The minimum Gasteiger partial charge on any atom is -0.289 e. The lowest BCUT2D eigenvalue weighted by Crippen LogP contribution is -2.30. The predicted molar refractivity (Wildman–Crippen MR) is 73.5 cm³/mol. The summed E-state index contributed by atoms with van der Waals surface area (Å²) in [5.74, 6) is 5.08. The van der Waals surface area contributed by atoms with Crippen molar-refractivity contribution in [2.45, 2.75) is 37.9 Å². The van der Waals surface area contributed by atoms with Crippen LogP contribution in [0.25, 0.3) is 0 Å². The number of carbonyl (C=O) groups is 1. The molecule has 1 aliphatic rings. The van der Waals surface area contributed by atoms with Gasteiger partial charge in [0.25, 0.3) is 5.91 Å². The Morgan fingerprint density at radius 3 is 2.74 bits per heavy atom. The third-order valence-electron chi connectivity index (χ3n) is 2.86. The zero-order valence-corrected chi connectivity index (χ0v) is 12.3. The second-order valence-corrected chi connectivity index (χ2v) is 7.93. The Morgan fingerprint density at radius 1 is 1.53 bits per heavy atom. The molecule has 1 aliphatic carbocycles. The Labute approximate surface area is 116 Å². The number of hydrazine groups is 1. The highest BCUT2D eigenvalue weighted by Crippen LogP contribution is 2.42. The van der Waals surface area contributed by atoms with Crippen molar-refractivity contribution >= 4 is 27.1 Å². The number of nitrogen functional groups attached to an aromatic ring is 1. The number of nitrogens with one attached hydrogen (secondary N) is 1. The first-order valence-electron chi connectivity index (χ1n) is 6.17. The number of nitrogens with zero attached hydrogens (tertiary/aromatic N) is 1. The summed E-state index contributed by atoms with van der Waals surface area (Å²) in [7, 11) is -3.14. The highest BCUT2D eigenvalue weighted by molar-refractivity contribution is 7.90. The fourth-order valence-corrected chi connectivity index (χ4v) is 4.70. The first kappa shape index (κ1) is 14.4. The van der Waals surface area contributed by atoms with Crippen molar-refractivity contribution in [2.75, 3.05) is 5.75 Å². The predicted octanol–water partition coefficient (Wildman–Crippen LogP) is 0.949. The van der Waals surface area contributed by atoms with Crippen molar-refractivity contribution in [2.24, 2.45) is 5.84 Å². The second-order valence-electron chi connectivity index (χ2n) is 4.66. The number of sulfone groups is 1. The van der Waals surface area contributed by atoms with Gasteiger partial charge in [-0.2, -0.15) is 0 Å². The van der Waals surface area contributed by atoms with Crippen LogP contribution >= 0.6 is 11.3 Å². The first-order chi connectivity index (χ1) is 8.96. The van der Waals surface area contributed by atoms with Gasteiger partial charge in [0.2, 0.25) is 0 Å². The molecular formula is C11H17N3O3S2. The van der Waals surface area contributed by atoms with E-state index in [0.717, 1.165) is 24.2 Å². The number of amides is 1. The summed E-state index contributed by atoms with van der Waals surface area (Å²) >= 11 is 1.13. The largest absolute Gasteiger partial charge is 0.289 e. The van der Waals surface area contributed by atoms with Gasteiger partial charge in [-0.15, -0.1) is 11.3 Å². The summed E-state index contributed by atoms with van der Waals surface area (Å²) in [6.45, 7) is 1.82. The van der Waals surface area contributed by atoms with E-state index in [1.54, 1.807) is 0 Å². The summed E-state index contributed by atoms with van der Waals surface area (Å²) in [6, 6.07) is 0. The van der Waals surface area contributed by atoms with Gasteiger partial charge in [-0.05, 0) is 19.3 Å². The molecule has 0 atom stereocenters. The smallest absolute Gasteiger partial charge is 0.277 e. The first-order valence-corrected chi connectivity index (χ1v) is 8.81. The van der Waals surface area contributed by atoms with Gasteiger partial charge in [-0.1, -0.05) is 6.92 Å². The molecule has 0 aromatic carbocycles. The molecule has 1 aromatic heterocycles. The van der Waals surface area contributed by atoms with Crippen molar-refractivity contribution in [3.8, 4) is 0 Å². The van der Waals surface area contributed by atoms with E-state index in [-0.39, 0.29) is 17.4 Å². The second kappa shape index (κ2) is 5.56. The van der Waals surface area contributed by atoms with Crippen LogP contribution in [0.2, 0.25) is 0 Å². The maximum absolute atomic E-state index is 11.8. The van der Waals surface area contributed by atoms with Gasteiger partial charge in [-0.25, -0.2) is 19.2 Å². The number of carbonyl (C=O) groups excluding carboxylic acids is 1. The molecule has 2 rings (SSSR count). The van der Waals surface area contributed by atoms with Gasteiger partial charge in [0, 0.05) is 5.92 Å². The van der Waals surface area contributed by atoms with Crippen molar-refractivity contribution in [1.29, 1.82) is 0 Å². The molecule has 0 aliphatic heterocycles. The molecule has 106 valence electrons. The fraction of sp³-hybridized carbons (Fsp3) is 0.636. The summed E-state index contributed by atoms with van der Waals surface area (Å²) in [5.41, 5.74) is 2.79.